The summed E-state index contributed by atoms with van der Waals surface area (Å²) in [5.74, 6) is -0.244. The van der Waals surface area contributed by atoms with Crippen molar-refractivity contribution >= 4 is 18.4 Å². The van der Waals surface area contributed by atoms with Crippen LogP contribution in [0.25, 0.3) is 0 Å². The number of fused-ring (bicyclic) bond motifs is 1. The molecule has 1 aromatic rings. The first kappa shape index (κ1) is 10.0. The Labute approximate surface area is 82.3 Å². The molecule has 4 heteroatoms. The number of carbonyl (C=O) groups is 1. The van der Waals surface area contributed by atoms with Gasteiger partial charge in [0.2, 0.25) is 0 Å². The monoisotopic (exact) mass is 199 g/mol. The van der Waals surface area contributed by atoms with Crippen molar-refractivity contribution in [2.75, 3.05) is 0 Å². The molecule has 0 atom stereocenters. The first-order valence-corrected chi connectivity index (χ1v) is 3.81. The van der Waals surface area contributed by atoms with Crippen LogP contribution >= 0.6 is 12.4 Å². The molecule has 1 aromatic carbocycles. The van der Waals surface area contributed by atoms with Gasteiger partial charge in [0.1, 0.15) is 6.61 Å². The Morgan fingerprint density at radius 3 is 2.92 bits per heavy atom. The van der Waals surface area contributed by atoms with E-state index in [1.807, 2.05) is 18.2 Å². The second-order valence-corrected chi connectivity index (χ2v) is 2.73. The number of benzene rings is 1. The van der Waals surface area contributed by atoms with Gasteiger partial charge in [0.25, 0.3) is 0 Å². The van der Waals surface area contributed by atoms with Crippen LogP contribution in [0.4, 0.5) is 0 Å². The minimum atomic E-state index is -0.244. The summed E-state index contributed by atoms with van der Waals surface area (Å²) in [5, 5.41) is 0. The second kappa shape index (κ2) is 3.77. The highest BCUT2D eigenvalue weighted by atomic mass is 35.5. The fourth-order valence-electron chi connectivity index (χ4n) is 1.42. The van der Waals surface area contributed by atoms with E-state index in [4.69, 9.17) is 10.5 Å². The molecular weight excluding hydrogens is 190 g/mol. The molecular formula is C9H10ClNO2. The van der Waals surface area contributed by atoms with Crippen molar-refractivity contribution in [2.24, 2.45) is 5.73 Å². The van der Waals surface area contributed by atoms with Gasteiger partial charge < -0.3 is 10.5 Å². The summed E-state index contributed by atoms with van der Waals surface area (Å²) in [6.45, 7) is 0.778. The molecule has 0 radical (unpaired) electrons. The molecule has 0 unspecified atom stereocenters. The Kier molecular flexibility index (Phi) is 2.90. The minimum Gasteiger partial charge on any atom is -0.457 e. The zero-order valence-electron chi connectivity index (χ0n) is 6.95. The third kappa shape index (κ3) is 1.53. The van der Waals surface area contributed by atoms with Crippen LogP contribution in [0.1, 0.15) is 21.5 Å². The largest absolute Gasteiger partial charge is 0.457 e. The van der Waals surface area contributed by atoms with Gasteiger partial charge in [-0.15, -0.1) is 12.4 Å². The van der Waals surface area contributed by atoms with Crippen LogP contribution in [0, 0.1) is 0 Å². The van der Waals surface area contributed by atoms with Crippen molar-refractivity contribution in [3.8, 4) is 0 Å². The van der Waals surface area contributed by atoms with Crippen molar-refractivity contribution in [2.45, 2.75) is 13.2 Å². The van der Waals surface area contributed by atoms with E-state index in [1.54, 1.807) is 0 Å². The van der Waals surface area contributed by atoms with E-state index in [2.05, 4.69) is 0 Å². The summed E-state index contributed by atoms with van der Waals surface area (Å²) < 4.78 is 4.87. The van der Waals surface area contributed by atoms with Crippen LogP contribution in [-0.4, -0.2) is 5.97 Å². The number of ether oxygens (including phenoxy) is 1. The summed E-state index contributed by atoms with van der Waals surface area (Å²) >= 11 is 0. The van der Waals surface area contributed by atoms with Crippen molar-refractivity contribution in [3.05, 3.63) is 34.9 Å². The third-order valence-electron chi connectivity index (χ3n) is 2.02. The van der Waals surface area contributed by atoms with Gasteiger partial charge in [-0.05, 0) is 5.56 Å². The molecule has 3 nitrogen and oxygen atoms in total. The molecule has 0 bridgehead atoms. The number of esters is 1. The summed E-state index contributed by atoms with van der Waals surface area (Å²) in [6.07, 6.45) is 0. The van der Waals surface area contributed by atoms with Gasteiger partial charge in [0, 0.05) is 12.1 Å². The highest BCUT2D eigenvalue weighted by Gasteiger charge is 2.23. The molecule has 13 heavy (non-hydrogen) atoms. The molecule has 0 saturated carbocycles. The standard InChI is InChI=1S/C9H9NO2.ClH/c10-4-6-2-1-3-7-5-12-9(11)8(6)7;/h1-3H,4-5,10H2;1H. The van der Waals surface area contributed by atoms with Crippen LogP contribution in [0.3, 0.4) is 0 Å². The molecule has 0 aliphatic carbocycles. The molecule has 0 amide bonds. The van der Waals surface area contributed by atoms with Crippen molar-refractivity contribution < 1.29 is 9.53 Å². The molecule has 2 N–H and O–H groups in total. The highest BCUT2D eigenvalue weighted by molar-refractivity contribution is 5.94. The van der Waals surface area contributed by atoms with E-state index in [0.29, 0.717) is 18.7 Å². The van der Waals surface area contributed by atoms with E-state index >= 15 is 0 Å². The number of halogens is 1. The lowest BCUT2D eigenvalue weighted by Crippen LogP contribution is -2.04. The van der Waals surface area contributed by atoms with Gasteiger partial charge in [-0.2, -0.15) is 0 Å². The zero-order chi connectivity index (χ0) is 8.55. The summed E-state index contributed by atoms with van der Waals surface area (Å²) in [5.41, 5.74) is 7.96. The maximum Gasteiger partial charge on any atom is 0.339 e. The molecule has 0 fully saturated rings. The Morgan fingerprint density at radius 1 is 1.46 bits per heavy atom. The Bertz CT molecular complexity index is 338. The van der Waals surface area contributed by atoms with E-state index in [-0.39, 0.29) is 18.4 Å². The predicted molar refractivity (Wildman–Crippen MR) is 50.7 cm³/mol. The molecule has 0 spiro atoms. The predicted octanol–water partition coefficient (Wildman–Crippen LogP) is 1.24. The van der Waals surface area contributed by atoms with Crippen molar-refractivity contribution in [1.82, 2.24) is 0 Å². The Morgan fingerprint density at radius 2 is 2.23 bits per heavy atom. The normalized spacial score (nSPS) is 13.2. The van der Waals surface area contributed by atoms with Crippen LogP contribution < -0.4 is 5.73 Å². The number of carbonyl (C=O) groups excluding carboxylic acids is 1. The van der Waals surface area contributed by atoms with Crippen LogP contribution in [0.2, 0.25) is 0 Å². The summed E-state index contributed by atoms with van der Waals surface area (Å²) in [6, 6.07) is 5.63. The molecule has 1 aliphatic heterocycles. The van der Waals surface area contributed by atoms with Crippen molar-refractivity contribution in [3.63, 3.8) is 0 Å². The topological polar surface area (TPSA) is 52.3 Å². The molecule has 70 valence electrons. The highest BCUT2D eigenvalue weighted by Crippen LogP contribution is 2.22. The smallest absolute Gasteiger partial charge is 0.339 e. The minimum absolute atomic E-state index is 0. The zero-order valence-corrected chi connectivity index (χ0v) is 7.76. The number of hydrogen-bond donors (Lipinski definition) is 1. The number of hydrogen-bond acceptors (Lipinski definition) is 3. The number of nitrogens with two attached hydrogens (primary N) is 1. The van der Waals surface area contributed by atoms with Crippen molar-refractivity contribution in [1.29, 1.82) is 0 Å². The summed E-state index contributed by atoms with van der Waals surface area (Å²) in [7, 11) is 0. The average molecular weight is 200 g/mol. The van der Waals surface area contributed by atoms with Gasteiger partial charge in [0.05, 0.1) is 5.56 Å². The lowest BCUT2D eigenvalue weighted by molar-refractivity contribution is 0.0534. The number of cyclic esters (lactones) is 1. The maximum absolute atomic E-state index is 11.2. The Balaban J connectivity index is 0.000000845. The summed E-state index contributed by atoms with van der Waals surface area (Å²) in [4.78, 5) is 11.2. The molecule has 1 aliphatic rings. The lowest BCUT2D eigenvalue weighted by atomic mass is 10.0. The molecule has 2 rings (SSSR count). The quantitative estimate of drug-likeness (QED) is 0.693. The third-order valence-corrected chi connectivity index (χ3v) is 2.02. The average Bonchev–Trinajstić information content (AvgIpc) is 2.48. The van der Waals surface area contributed by atoms with Crippen LogP contribution in [0.5, 0.6) is 0 Å². The van der Waals surface area contributed by atoms with Crippen LogP contribution in [0.15, 0.2) is 18.2 Å². The van der Waals surface area contributed by atoms with E-state index < -0.39 is 0 Å². The first-order chi connectivity index (χ1) is 5.83. The lowest BCUT2D eigenvalue weighted by Gasteiger charge is -2.00. The fraction of sp³-hybridized carbons (Fsp3) is 0.222. The van der Waals surface area contributed by atoms with Gasteiger partial charge in [0.15, 0.2) is 0 Å². The molecule has 0 aromatic heterocycles. The molecule has 0 saturated heterocycles. The van der Waals surface area contributed by atoms with E-state index in [9.17, 15) is 4.79 Å². The molecule has 1 heterocycles. The maximum atomic E-state index is 11.2. The first-order valence-electron chi connectivity index (χ1n) is 3.81. The Hall–Kier alpha value is -1.06. The van der Waals surface area contributed by atoms with Crippen LogP contribution in [-0.2, 0) is 17.9 Å². The van der Waals surface area contributed by atoms with Gasteiger partial charge in [-0.1, -0.05) is 18.2 Å². The van der Waals surface area contributed by atoms with Gasteiger partial charge in [-0.25, -0.2) is 4.79 Å². The SMILES string of the molecule is Cl.NCc1cccc2c1C(=O)OC2. The fourth-order valence-corrected chi connectivity index (χ4v) is 1.42. The number of rotatable bonds is 1. The van der Waals surface area contributed by atoms with Gasteiger partial charge in [-0.3, -0.25) is 0 Å². The second-order valence-electron chi connectivity index (χ2n) is 2.73. The van der Waals surface area contributed by atoms with E-state index in [0.717, 1.165) is 11.1 Å². The van der Waals surface area contributed by atoms with E-state index in [1.165, 1.54) is 0 Å². The van der Waals surface area contributed by atoms with Gasteiger partial charge >= 0.3 is 5.97 Å².